The SMILES string of the molecule is Clc1ccc(N2CCN3CCCC3C2)nc1CNC1CC1. The first-order chi connectivity index (χ1) is 10.3. The average molecular weight is 307 g/mol. The molecule has 0 aromatic carbocycles. The third-order valence-corrected chi connectivity index (χ3v) is 5.29. The van der Waals surface area contributed by atoms with Crippen molar-refractivity contribution in [1.29, 1.82) is 0 Å². The Labute approximate surface area is 131 Å². The Morgan fingerprint density at radius 1 is 1.19 bits per heavy atom. The summed E-state index contributed by atoms with van der Waals surface area (Å²) in [6.45, 7) is 5.44. The maximum atomic E-state index is 6.30. The van der Waals surface area contributed by atoms with Crippen LogP contribution in [-0.4, -0.2) is 48.1 Å². The van der Waals surface area contributed by atoms with E-state index in [1.807, 2.05) is 6.07 Å². The number of nitrogens with one attached hydrogen (secondary N) is 1. The minimum Gasteiger partial charge on any atom is -0.354 e. The number of fused-ring (bicyclic) bond motifs is 1. The van der Waals surface area contributed by atoms with Crippen LogP contribution in [0.5, 0.6) is 0 Å². The molecule has 0 bridgehead atoms. The van der Waals surface area contributed by atoms with E-state index in [2.05, 4.69) is 21.2 Å². The molecule has 1 saturated carbocycles. The molecule has 114 valence electrons. The molecular formula is C16H23ClN4. The van der Waals surface area contributed by atoms with Crippen molar-refractivity contribution in [3.8, 4) is 0 Å². The van der Waals surface area contributed by atoms with E-state index >= 15 is 0 Å². The summed E-state index contributed by atoms with van der Waals surface area (Å²) in [5.74, 6) is 1.10. The van der Waals surface area contributed by atoms with Gasteiger partial charge in [-0.25, -0.2) is 4.98 Å². The minimum atomic E-state index is 0.688. The normalized spacial score (nSPS) is 26.1. The molecule has 1 N–H and O–H groups in total. The first-order valence-corrected chi connectivity index (χ1v) is 8.55. The summed E-state index contributed by atoms with van der Waals surface area (Å²) in [6.07, 6.45) is 5.27. The molecule has 2 saturated heterocycles. The fourth-order valence-electron chi connectivity index (χ4n) is 3.50. The molecule has 0 spiro atoms. The molecule has 4 rings (SSSR count). The maximum absolute atomic E-state index is 6.30. The summed E-state index contributed by atoms with van der Waals surface area (Å²) in [4.78, 5) is 9.88. The van der Waals surface area contributed by atoms with Crippen molar-refractivity contribution >= 4 is 17.4 Å². The van der Waals surface area contributed by atoms with E-state index in [9.17, 15) is 0 Å². The Morgan fingerprint density at radius 3 is 2.95 bits per heavy atom. The Morgan fingerprint density at radius 2 is 2.10 bits per heavy atom. The largest absolute Gasteiger partial charge is 0.354 e. The van der Waals surface area contributed by atoms with Gasteiger partial charge in [0.25, 0.3) is 0 Å². The third-order valence-electron chi connectivity index (χ3n) is 4.95. The molecule has 1 aromatic rings. The molecule has 1 aromatic heterocycles. The van der Waals surface area contributed by atoms with Crippen LogP contribution in [0.1, 0.15) is 31.4 Å². The van der Waals surface area contributed by atoms with E-state index < -0.39 is 0 Å². The van der Waals surface area contributed by atoms with Crippen LogP contribution in [0.4, 0.5) is 5.82 Å². The predicted octanol–water partition coefficient (Wildman–Crippen LogP) is 2.27. The minimum absolute atomic E-state index is 0.688. The van der Waals surface area contributed by atoms with E-state index in [4.69, 9.17) is 16.6 Å². The first kappa shape index (κ1) is 13.8. The van der Waals surface area contributed by atoms with E-state index in [0.717, 1.165) is 42.2 Å². The number of hydrogen-bond donors (Lipinski definition) is 1. The second kappa shape index (κ2) is 5.75. The Bertz CT molecular complexity index is 517. The van der Waals surface area contributed by atoms with Gasteiger partial charge in [0.05, 0.1) is 10.7 Å². The lowest BCUT2D eigenvalue weighted by atomic mass is 10.1. The second-order valence-corrected chi connectivity index (χ2v) is 6.94. The quantitative estimate of drug-likeness (QED) is 0.925. The number of hydrogen-bond acceptors (Lipinski definition) is 4. The predicted molar refractivity (Wildman–Crippen MR) is 85.9 cm³/mol. The van der Waals surface area contributed by atoms with Gasteiger partial charge >= 0.3 is 0 Å². The van der Waals surface area contributed by atoms with E-state index in [-0.39, 0.29) is 0 Å². The lowest BCUT2D eigenvalue weighted by molar-refractivity contribution is 0.230. The van der Waals surface area contributed by atoms with Gasteiger partial charge in [0.1, 0.15) is 5.82 Å². The number of rotatable bonds is 4. The van der Waals surface area contributed by atoms with E-state index in [1.165, 1.54) is 38.8 Å². The van der Waals surface area contributed by atoms with Gasteiger partial charge in [-0.05, 0) is 44.4 Å². The molecule has 1 aliphatic carbocycles. The summed E-state index contributed by atoms with van der Waals surface area (Å²) >= 11 is 6.30. The lowest BCUT2D eigenvalue weighted by Gasteiger charge is -2.38. The van der Waals surface area contributed by atoms with Crippen molar-refractivity contribution in [3.63, 3.8) is 0 Å². The van der Waals surface area contributed by atoms with Crippen molar-refractivity contribution in [1.82, 2.24) is 15.2 Å². The lowest BCUT2D eigenvalue weighted by Crippen LogP contribution is -2.50. The summed E-state index contributed by atoms with van der Waals surface area (Å²) in [5.41, 5.74) is 0.995. The molecule has 21 heavy (non-hydrogen) atoms. The number of halogens is 1. The smallest absolute Gasteiger partial charge is 0.129 e. The molecule has 0 radical (unpaired) electrons. The number of nitrogens with zero attached hydrogens (tertiary/aromatic N) is 3. The van der Waals surface area contributed by atoms with Gasteiger partial charge < -0.3 is 10.2 Å². The number of anilines is 1. The van der Waals surface area contributed by atoms with Crippen LogP contribution in [0.25, 0.3) is 0 Å². The Hall–Kier alpha value is -0.840. The molecule has 2 aliphatic heterocycles. The second-order valence-electron chi connectivity index (χ2n) is 6.53. The van der Waals surface area contributed by atoms with Gasteiger partial charge in [-0.15, -0.1) is 0 Å². The summed E-state index contributed by atoms with van der Waals surface area (Å²) in [6, 6.07) is 5.50. The van der Waals surface area contributed by atoms with E-state index in [1.54, 1.807) is 0 Å². The Kier molecular flexibility index (Phi) is 3.78. The molecule has 3 fully saturated rings. The fourth-order valence-corrected chi connectivity index (χ4v) is 3.67. The standard InChI is InChI=1S/C16H23ClN4/c17-14-5-6-16(19-15(14)10-18-12-3-4-12)21-9-8-20-7-1-2-13(20)11-21/h5-6,12-13,18H,1-4,7-11H2. The zero-order valence-corrected chi connectivity index (χ0v) is 13.1. The summed E-state index contributed by atoms with van der Waals surface area (Å²) in [5, 5.41) is 4.29. The molecule has 1 atom stereocenters. The van der Waals surface area contributed by atoms with Gasteiger partial charge in [-0.1, -0.05) is 11.6 Å². The monoisotopic (exact) mass is 306 g/mol. The van der Waals surface area contributed by atoms with Gasteiger partial charge in [-0.3, -0.25) is 4.90 Å². The average Bonchev–Trinajstić information content (AvgIpc) is 3.21. The van der Waals surface area contributed by atoms with Gasteiger partial charge in [0, 0.05) is 38.3 Å². The molecule has 1 unspecified atom stereocenters. The van der Waals surface area contributed by atoms with Crippen LogP contribution in [0, 0.1) is 0 Å². The molecule has 5 heteroatoms. The Balaban J connectivity index is 1.47. The van der Waals surface area contributed by atoms with Crippen LogP contribution in [-0.2, 0) is 6.54 Å². The van der Waals surface area contributed by atoms with Gasteiger partial charge in [0.2, 0.25) is 0 Å². The van der Waals surface area contributed by atoms with Crippen LogP contribution >= 0.6 is 11.6 Å². The highest BCUT2D eigenvalue weighted by Gasteiger charge is 2.31. The van der Waals surface area contributed by atoms with Crippen molar-refractivity contribution in [2.24, 2.45) is 0 Å². The van der Waals surface area contributed by atoms with Gasteiger partial charge in [0.15, 0.2) is 0 Å². The fraction of sp³-hybridized carbons (Fsp3) is 0.688. The molecule has 0 amide bonds. The molecule has 4 nitrogen and oxygen atoms in total. The number of aromatic nitrogens is 1. The van der Waals surface area contributed by atoms with E-state index in [0.29, 0.717) is 6.04 Å². The van der Waals surface area contributed by atoms with Gasteiger partial charge in [-0.2, -0.15) is 0 Å². The highest BCUT2D eigenvalue weighted by Crippen LogP contribution is 2.26. The molecule has 3 aliphatic rings. The third kappa shape index (κ3) is 3.03. The van der Waals surface area contributed by atoms with Crippen LogP contribution in [0.15, 0.2) is 12.1 Å². The van der Waals surface area contributed by atoms with Crippen LogP contribution in [0.3, 0.4) is 0 Å². The summed E-state index contributed by atoms with van der Waals surface area (Å²) < 4.78 is 0. The van der Waals surface area contributed by atoms with Crippen molar-refractivity contribution in [3.05, 3.63) is 22.8 Å². The maximum Gasteiger partial charge on any atom is 0.129 e. The zero-order chi connectivity index (χ0) is 14.2. The topological polar surface area (TPSA) is 31.4 Å². The number of piperazine rings is 1. The van der Waals surface area contributed by atoms with Crippen LogP contribution in [0.2, 0.25) is 5.02 Å². The van der Waals surface area contributed by atoms with Crippen molar-refractivity contribution in [2.45, 2.75) is 44.3 Å². The first-order valence-electron chi connectivity index (χ1n) is 8.17. The zero-order valence-electron chi connectivity index (χ0n) is 12.4. The molecular weight excluding hydrogens is 284 g/mol. The summed E-state index contributed by atoms with van der Waals surface area (Å²) in [7, 11) is 0. The highest BCUT2D eigenvalue weighted by atomic mass is 35.5. The highest BCUT2D eigenvalue weighted by molar-refractivity contribution is 6.31. The van der Waals surface area contributed by atoms with Crippen molar-refractivity contribution < 1.29 is 0 Å². The number of pyridine rings is 1. The van der Waals surface area contributed by atoms with Crippen molar-refractivity contribution in [2.75, 3.05) is 31.1 Å². The molecule has 3 heterocycles. The van der Waals surface area contributed by atoms with Crippen LogP contribution < -0.4 is 10.2 Å².